The van der Waals surface area contributed by atoms with Gasteiger partial charge in [0.05, 0.1) is 0 Å². The van der Waals surface area contributed by atoms with Crippen molar-refractivity contribution in [3.05, 3.63) is 34.4 Å². The van der Waals surface area contributed by atoms with E-state index in [0.717, 1.165) is 36.7 Å². The van der Waals surface area contributed by atoms with Crippen LogP contribution in [0.3, 0.4) is 0 Å². The Labute approximate surface area is 122 Å². The van der Waals surface area contributed by atoms with Crippen molar-refractivity contribution in [2.45, 2.75) is 59.3 Å². The zero-order valence-electron chi connectivity index (χ0n) is 13.0. The Balaban J connectivity index is 1.97. The van der Waals surface area contributed by atoms with Gasteiger partial charge in [-0.2, -0.15) is 0 Å². The van der Waals surface area contributed by atoms with Crippen LogP contribution in [0.1, 0.15) is 67.1 Å². The summed E-state index contributed by atoms with van der Waals surface area (Å²) >= 11 is 0. The van der Waals surface area contributed by atoms with Gasteiger partial charge in [0.2, 0.25) is 0 Å². The van der Waals surface area contributed by atoms with Crippen LogP contribution in [0.2, 0.25) is 0 Å². The molecule has 0 N–H and O–H groups in total. The van der Waals surface area contributed by atoms with Crippen LogP contribution < -0.4 is 0 Å². The molecule has 2 saturated carbocycles. The number of carbonyl (C=O) groups is 1. The van der Waals surface area contributed by atoms with Gasteiger partial charge in [0, 0.05) is 11.5 Å². The molecular formula is C19H26O. The number of hydrogen-bond donors (Lipinski definition) is 0. The Bertz CT molecular complexity index is 494. The maximum Gasteiger partial charge on any atom is 0.167 e. The van der Waals surface area contributed by atoms with Crippen LogP contribution in [0, 0.1) is 17.8 Å². The molecule has 1 nitrogen and oxygen atoms in total. The van der Waals surface area contributed by atoms with Crippen LogP contribution in [0.5, 0.6) is 0 Å². The average molecular weight is 270 g/mol. The summed E-state index contributed by atoms with van der Waals surface area (Å²) in [6.07, 6.45) is 6.93. The smallest absolute Gasteiger partial charge is 0.167 e. The Morgan fingerprint density at radius 3 is 2.00 bits per heavy atom. The van der Waals surface area contributed by atoms with E-state index in [9.17, 15) is 4.79 Å². The van der Waals surface area contributed by atoms with Gasteiger partial charge in [-0.05, 0) is 60.6 Å². The van der Waals surface area contributed by atoms with E-state index in [2.05, 4.69) is 32.9 Å². The second kappa shape index (κ2) is 5.35. The molecule has 0 aromatic heterocycles. The van der Waals surface area contributed by atoms with Crippen molar-refractivity contribution >= 4 is 5.78 Å². The first-order valence-corrected chi connectivity index (χ1v) is 8.40. The van der Waals surface area contributed by atoms with Crippen molar-refractivity contribution in [1.82, 2.24) is 0 Å². The van der Waals surface area contributed by atoms with Crippen LogP contribution in [-0.2, 0) is 19.3 Å². The number of Topliss-reactive ketones (excluding diaryl/α,β-unsaturated/α-hetero) is 1. The number of ketones is 1. The normalized spacial score (nSPS) is 27.4. The van der Waals surface area contributed by atoms with Gasteiger partial charge in [-0.25, -0.2) is 0 Å². The van der Waals surface area contributed by atoms with Crippen LogP contribution in [0.15, 0.2) is 12.1 Å². The van der Waals surface area contributed by atoms with Gasteiger partial charge < -0.3 is 0 Å². The highest BCUT2D eigenvalue weighted by atomic mass is 16.1. The molecule has 0 radical (unpaired) electrons. The summed E-state index contributed by atoms with van der Waals surface area (Å²) in [5.74, 6) is 2.29. The summed E-state index contributed by atoms with van der Waals surface area (Å²) in [5.41, 5.74) is 5.05. The Morgan fingerprint density at radius 2 is 1.55 bits per heavy atom. The lowest BCUT2D eigenvalue weighted by molar-refractivity contribution is 0.0949. The SMILES string of the molecule is CCc1cc(CC)c(C(=O)C2C3CCCC32)c(CC)c1. The van der Waals surface area contributed by atoms with Gasteiger partial charge in [-0.15, -0.1) is 0 Å². The lowest BCUT2D eigenvalue weighted by Crippen LogP contribution is -2.13. The topological polar surface area (TPSA) is 17.1 Å². The number of fused-ring (bicyclic) bond motifs is 1. The van der Waals surface area contributed by atoms with E-state index < -0.39 is 0 Å². The molecule has 2 unspecified atom stereocenters. The molecule has 2 atom stereocenters. The molecule has 3 rings (SSSR count). The highest BCUT2D eigenvalue weighted by Crippen LogP contribution is 2.58. The lowest BCUT2D eigenvalue weighted by atomic mass is 9.88. The fourth-order valence-electron chi connectivity index (χ4n) is 4.30. The summed E-state index contributed by atoms with van der Waals surface area (Å²) in [6.45, 7) is 6.55. The Hall–Kier alpha value is -1.11. The van der Waals surface area contributed by atoms with Crippen molar-refractivity contribution < 1.29 is 4.79 Å². The van der Waals surface area contributed by atoms with E-state index in [0.29, 0.717) is 11.7 Å². The molecule has 0 bridgehead atoms. The minimum Gasteiger partial charge on any atom is -0.294 e. The number of hydrogen-bond acceptors (Lipinski definition) is 1. The highest BCUT2D eigenvalue weighted by molar-refractivity contribution is 6.02. The first kappa shape index (κ1) is 13.9. The molecule has 0 spiro atoms. The monoisotopic (exact) mass is 270 g/mol. The van der Waals surface area contributed by atoms with E-state index in [4.69, 9.17) is 0 Å². The summed E-state index contributed by atoms with van der Waals surface area (Å²) in [7, 11) is 0. The van der Waals surface area contributed by atoms with Crippen LogP contribution >= 0.6 is 0 Å². The predicted octanol–water partition coefficient (Wildman–Crippen LogP) is 4.60. The fraction of sp³-hybridized carbons (Fsp3) is 0.632. The van der Waals surface area contributed by atoms with Gasteiger partial charge >= 0.3 is 0 Å². The molecule has 108 valence electrons. The second-order valence-corrected chi connectivity index (χ2v) is 6.50. The Morgan fingerprint density at radius 1 is 1.00 bits per heavy atom. The largest absolute Gasteiger partial charge is 0.294 e. The zero-order valence-corrected chi connectivity index (χ0v) is 13.0. The first-order chi connectivity index (χ1) is 9.71. The van der Waals surface area contributed by atoms with E-state index in [1.165, 1.54) is 36.0 Å². The van der Waals surface area contributed by atoms with E-state index in [1.807, 2.05) is 0 Å². The second-order valence-electron chi connectivity index (χ2n) is 6.50. The highest BCUT2D eigenvalue weighted by Gasteiger charge is 2.56. The molecule has 0 saturated heterocycles. The third-order valence-electron chi connectivity index (χ3n) is 5.49. The summed E-state index contributed by atoms with van der Waals surface area (Å²) in [4.78, 5) is 13.0. The molecular weight excluding hydrogens is 244 g/mol. The van der Waals surface area contributed by atoms with Crippen molar-refractivity contribution in [3.8, 4) is 0 Å². The predicted molar refractivity (Wildman–Crippen MR) is 83.2 cm³/mol. The van der Waals surface area contributed by atoms with E-state index >= 15 is 0 Å². The van der Waals surface area contributed by atoms with Gasteiger partial charge in [-0.1, -0.05) is 39.3 Å². The standard InChI is InChI=1S/C19H26O/c1-4-12-10-13(5-2)17(14(6-3)11-12)19(20)18-15-8-7-9-16(15)18/h10-11,15-16,18H,4-9H2,1-3H3. The molecule has 2 fully saturated rings. The number of benzene rings is 1. The van der Waals surface area contributed by atoms with Crippen LogP contribution in [0.4, 0.5) is 0 Å². The van der Waals surface area contributed by atoms with E-state index in [1.54, 1.807) is 0 Å². The molecule has 0 amide bonds. The average Bonchev–Trinajstić information content (AvgIpc) is 2.97. The number of carbonyl (C=O) groups excluding carboxylic acids is 1. The van der Waals surface area contributed by atoms with Crippen molar-refractivity contribution in [2.75, 3.05) is 0 Å². The molecule has 1 aromatic carbocycles. The van der Waals surface area contributed by atoms with Gasteiger partial charge in [-0.3, -0.25) is 4.79 Å². The fourth-order valence-corrected chi connectivity index (χ4v) is 4.30. The summed E-state index contributed by atoms with van der Waals surface area (Å²) in [5, 5.41) is 0. The minimum atomic E-state index is 0.367. The Kier molecular flexibility index (Phi) is 3.70. The summed E-state index contributed by atoms with van der Waals surface area (Å²) < 4.78 is 0. The lowest BCUT2D eigenvalue weighted by Gasteiger charge is -2.15. The third kappa shape index (κ3) is 2.12. The van der Waals surface area contributed by atoms with Crippen molar-refractivity contribution in [2.24, 2.45) is 17.8 Å². The van der Waals surface area contributed by atoms with E-state index in [-0.39, 0.29) is 0 Å². The van der Waals surface area contributed by atoms with Crippen LogP contribution in [-0.4, -0.2) is 5.78 Å². The first-order valence-electron chi connectivity index (χ1n) is 8.40. The molecule has 2 aliphatic carbocycles. The van der Waals surface area contributed by atoms with Gasteiger partial charge in [0.1, 0.15) is 0 Å². The van der Waals surface area contributed by atoms with Crippen molar-refractivity contribution in [3.63, 3.8) is 0 Å². The maximum absolute atomic E-state index is 13.0. The number of rotatable bonds is 5. The van der Waals surface area contributed by atoms with Gasteiger partial charge in [0.15, 0.2) is 5.78 Å². The van der Waals surface area contributed by atoms with Crippen LogP contribution in [0.25, 0.3) is 0 Å². The minimum absolute atomic E-state index is 0.367. The number of aryl methyl sites for hydroxylation is 3. The molecule has 20 heavy (non-hydrogen) atoms. The molecule has 1 aromatic rings. The zero-order chi connectivity index (χ0) is 14.3. The van der Waals surface area contributed by atoms with Crippen molar-refractivity contribution in [1.29, 1.82) is 0 Å². The molecule has 2 aliphatic rings. The third-order valence-corrected chi connectivity index (χ3v) is 5.49. The molecule has 0 aliphatic heterocycles. The maximum atomic E-state index is 13.0. The quantitative estimate of drug-likeness (QED) is 0.714. The molecule has 1 heteroatoms. The molecule has 0 heterocycles. The summed E-state index contributed by atoms with van der Waals surface area (Å²) in [6, 6.07) is 4.54. The van der Waals surface area contributed by atoms with Gasteiger partial charge in [0.25, 0.3) is 0 Å².